The summed E-state index contributed by atoms with van der Waals surface area (Å²) in [6.45, 7) is 0. The Morgan fingerprint density at radius 3 is 2.33 bits per heavy atom. The van der Waals surface area contributed by atoms with Gasteiger partial charge in [0.25, 0.3) is 5.91 Å². The number of primary sulfonamides is 1. The van der Waals surface area contributed by atoms with Crippen molar-refractivity contribution in [3.63, 3.8) is 0 Å². The average molecular weight is 461 g/mol. The quantitative estimate of drug-likeness (QED) is 0.328. The van der Waals surface area contributed by atoms with Crippen molar-refractivity contribution in [1.82, 2.24) is 0 Å². The number of carbonyl (C=O) groups is 1. The Kier molecular flexibility index (Phi) is 6.13. The van der Waals surface area contributed by atoms with Crippen LogP contribution in [0.15, 0.2) is 83.3 Å². The van der Waals surface area contributed by atoms with E-state index >= 15 is 0 Å². The Balaban J connectivity index is 1.58. The van der Waals surface area contributed by atoms with Gasteiger partial charge in [0, 0.05) is 22.4 Å². The maximum atomic E-state index is 13.0. The highest BCUT2D eigenvalue weighted by Gasteiger charge is 2.22. The summed E-state index contributed by atoms with van der Waals surface area (Å²) in [5, 5.41) is 15.9. The van der Waals surface area contributed by atoms with Gasteiger partial charge in [0.1, 0.15) is 5.84 Å². The summed E-state index contributed by atoms with van der Waals surface area (Å²) in [5.74, 6) is -0.182. The molecular weight excluding hydrogens is 436 g/mol. The van der Waals surface area contributed by atoms with Gasteiger partial charge in [-0.2, -0.15) is 0 Å². The van der Waals surface area contributed by atoms with Crippen molar-refractivity contribution >= 4 is 33.0 Å². The normalized spacial score (nSPS) is 13.7. The Bertz CT molecular complexity index is 1380. The highest BCUT2D eigenvalue weighted by Crippen LogP contribution is 2.35. The van der Waals surface area contributed by atoms with Crippen LogP contribution >= 0.6 is 0 Å². The summed E-state index contributed by atoms with van der Waals surface area (Å²) in [6, 6.07) is 20.9. The lowest BCUT2D eigenvalue weighted by Gasteiger charge is -2.12. The van der Waals surface area contributed by atoms with Crippen molar-refractivity contribution in [3.05, 3.63) is 89.5 Å². The molecule has 8 heteroatoms. The van der Waals surface area contributed by atoms with Gasteiger partial charge in [-0.15, -0.1) is 0 Å². The molecule has 0 fully saturated rings. The first-order chi connectivity index (χ1) is 15.7. The van der Waals surface area contributed by atoms with E-state index in [1.807, 2.05) is 18.2 Å². The van der Waals surface area contributed by atoms with Crippen LogP contribution in [0, 0.1) is 5.41 Å². The van der Waals surface area contributed by atoms with Gasteiger partial charge in [-0.1, -0.05) is 48.5 Å². The van der Waals surface area contributed by atoms with E-state index < -0.39 is 10.0 Å². The maximum absolute atomic E-state index is 13.0. The minimum atomic E-state index is -3.86. The second kappa shape index (κ2) is 9.01. The topological polar surface area (TPSA) is 139 Å². The van der Waals surface area contributed by atoms with Crippen LogP contribution in [-0.4, -0.2) is 20.2 Å². The van der Waals surface area contributed by atoms with Gasteiger partial charge in [0.15, 0.2) is 0 Å². The zero-order chi connectivity index (χ0) is 23.6. The Hall–Kier alpha value is -3.75. The number of hydrogen-bond acceptors (Lipinski definition) is 4. The number of amidine groups is 1. The fourth-order valence-electron chi connectivity index (χ4n) is 4.08. The number of benzene rings is 3. The molecule has 1 aliphatic carbocycles. The molecule has 1 aliphatic rings. The maximum Gasteiger partial charge on any atom is 0.251 e. The largest absolute Gasteiger partial charge is 0.384 e. The second-order valence-electron chi connectivity index (χ2n) is 7.88. The average Bonchev–Trinajstić information content (AvgIpc) is 3.29. The zero-order valence-electron chi connectivity index (χ0n) is 17.8. The van der Waals surface area contributed by atoms with Crippen LogP contribution in [0.4, 0.5) is 5.69 Å². The van der Waals surface area contributed by atoms with Crippen molar-refractivity contribution in [2.75, 3.05) is 5.32 Å². The first kappa shape index (κ1) is 22.4. The number of rotatable bonds is 6. The number of nitrogens with one attached hydrogen (secondary N) is 2. The van der Waals surface area contributed by atoms with E-state index in [2.05, 4.69) is 5.32 Å². The molecule has 0 aliphatic heterocycles. The number of anilines is 1. The number of hydrogen-bond donors (Lipinski definition) is 4. The van der Waals surface area contributed by atoms with E-state index in [-0.39, 0.29) is 16.6 Å². The predicted octanol–water partition coefficient (Wildman–Crippen LogP) is 3.86. The van der Waals surface area contributed by atoms with E-state index in [4.69, 9.17) is 16.3 Å². The molecule has 0 spiro atoms. The van der Waals surface area contributed by atoms with Gasteiger partial charge in [-0.25, -0.2) is 13.6 Å². The summed E-state index contributed by atoms with van der Waals surface area (Å²) in [7, 11) is -3.86. The Morgan fingerprint density at radius 1 is 0.909 bits per heavy atom. The summed E-state index contributed by atoms with van der Waals surface area (Å²) in [4.78, 5) is 13.1. The van der Waals surface area contributed by atoms with E-state index in [1.54, 1.807) is 48.5 Å². The molecule has 3 aromatic carbocycles. The molecule has 0 heterocycles. The highest BCUT2D eigenvalue weighted by molar-refractivity contribution is 7.89. The van der Waals surface area contributed by atoms with E-state index in [9.17, 15) is 13.2 Å². The molecule has 0 aromatic heterocycles. The van der Waals surface area contributed by atoms with Crippen LogP contribution in [0.1, 0.15) is 30.4 Å². The van der Waals surface area contributed by atoms with Crippen LogP contribution in [0.3, 0.4) is 0 Å². The van der Waals surface area contributed by atoms with Crippen molar-refractivity contribution in [2.45, 2.75) is 24.2 Å². The minimum Gasteiger partial charge on any atom is -0.384 e. The van der Waals surface area contributed by atoms with Crippen molar-refractivity contribution < 1.29 is 13.2 Å². The van der Waals surface area contributed by atoms with E-state index in [0.29, 0.717) is 28.8 Å². The monoisotopic (exact) mass is 460 g/mol. The molecule has 0 radical (unpaired) electrons. The zero-order valence-corrected chi connectivity index (χ0v) is 18.7. The summed E-state index contributed by atoms with van der Waals surface area (Å²) >= 11 is 0. The molecule has 33 heavy (non-hydrogen) atoms. The minimum absolute atomic E-state index is 0.00875. The molecular formula is C25H24N4O3S. The first-order valence-corrected chi connectivity index (χ1v) is 12.0. The van der Waals surface area contributed by atoms with Crippen molar-refractivity contribution in [2.24, 2.45) is 10.9 Å². The van der Waals surface area contributed by atoms with Crippen LogP contribution in [0.2, 0.25) is 0 Å². The fourth-order valence-corrected chi connectivity index (χ4v) is 4.84. The molecule has 0 atom stereocenters. The third kappa shape index (κ3) is 4.87. The number of carbonyl (C=O) groups excluding carboxylic acids is 1. The number of sulfonamides is 1. The van der Waals surface area contributed by atoms with E-state index in [0.717, 1.165) is 29.6 Å². The lowest BCUT2D eigenvalue weighted by molar-refractivity contribution is -0.112. The van der Waals surface area contributed by atoms with Crippen LogP contribution in [-0.2, 0) is 14.8 Å². The third-order valence-electron chi connectivity index (χ3n) is 5.66. The van der Waals surface area contributed by atoms with Crippen molar-refractivity contribution in [3.8, 4) is 11.1 Å². The smallest absolute Gasteiger partial charge is 0.251 e. The lowest BCUT2D eigenvalue weighted by Crippen LogP contribution is -2.15. The predicted molar refractivity (Wildman–Crippen MR) is 130 cm³/mol. The second-order valence-corrected chi connectivity index (χ2v) is 9.41. The molecule has 0 saturated carbocycles. The number of allylic oxidation sites excluding steroid dienone is 1. The summed E-state index contributed by atoms with van der Waals surface area (Å²) < 4.78 is 23.8. The molecule has 0 saturated heterocycles. The van der Waals surface area contributed by atoms with Crippen LogP contribution < -0.4 is 16.2 Å². The van der Waals surface area contributed by atoms with E-state index in [1.165, 1.54) is 6.07 Å². The van der Waals surface area contributed by atoms with Gasteiger partial charge in [0.05, 0.1) is 4.90 Å². The molecule has 6 N–H and O–H groups in total. The summed E-state index contributed by atoms with van der Waals surface area (Å²) in [5.41, 5.74) is 10.6. The first-order valence-electron chi connectivity index (χ1n) is 10.4. The molecule has 4 rings (SSSR count). The van der Waals surface area contributed by atoms with Crippen molar-refractivity contribution in [1.29, 1.82) is 5.41 Å². The fraction of sp³-hybridized carbons (Fsp3) is 0.120. The SMILES string of the molecule is N=C(N)c1cccc(C2=C(C(=O)Nc3ccc(-c4ccccc4S(N)(=O)=O)cc3)CCC2)c1. The Labute approximate surface area is 192 Å². The molecule has 168 valence electrons. The number of nitrogens with two attached hydrogens (primary N) is 2. The molecule has 7 nitrogen and oxygen atoms in total. The standard InChI is InChI=1S/C25H24N4O3S/c26-24(27)18-6-3-5-17(15-18)20-8-4-9-22(20)25(30)29-19-13-11-16(12-14-19)21-7-1-2-10-23(21)33(28,31)32/h1-3,5-7,10-15H,4,8-9H2,(H3,26,27)(H,29,30)(H2,28,31,32). The highest BCUT2D eigenvalue weighted by atomic mass is 32.2. The lowest BCUT2D eigenvalue weighted by atomic mass is 9.99. The van der Waals surface area contributed by atoms with Gasteiger partial charge >= 0.3 is 0 Å². The van der Waals surface area contributed by atoms with Gasteiger partial charge < -0.3 is 11.1 Å². The summed E-state index contributed by atoms with van der Waals surface area (Å²) in [6.07, 6.45) is 2.34. The molecule has 1 amide bonds. The van der Waals surface area contributed by atoms with Crippen LogP contribution in [0.5, 0.6) is 0 Å². The van der Waals surface area contributed by atoms with Crippen LogP contribution in [0.25, 0.3) is 16.7 Å². The number of amides is 1. The van der Waals surface area contributed by atoms with Gasteiger partial charge in [0.2, 0.25) is 10.0 Å². The van der Waals surface area contributed by atoms with Gasteiger partial charge in [-0.05, 0) is 60.2 Å². The Morgan fingerprint density at radius 2 is 1.64 bits per heavy atom. The molecule has 0 bridgehead atoms. The molecule has 3 aromatic rings. The van der Waals surface area contributed by atoms with Gasteiger partial charge in [-0.3, -0.25) is 10.2 Å². The number of nitrogen functional groups attached to an aromatic ring is 1. The molecule has 0 unspecified atom stereocenters. The third-order valence-corrected chi connectivity index (χ3v) is 6.63.